The minimum atomic E-state index is 0.300. The van der Waals surface area contributed by atoms with Crippen molar-refractivity contribution in [2.24, 2.45) is 0 Å². The molecule has 1 aromatic carbocycles. The first kappa shape index (κ1) is 17.2. The number of amides is 1. The van der Waals surface area contributed by atoms with Crippen LogP contribution in [0.3, 0.4) is 0 Å². The molecule has 2 fully saturated rings. The van der Waals surface area contributed by atoms with Crippen molar-refractivity contribution in [3.05, 3.63) is 29.8 Å². The van der Waals surface area contributed by atoms with Crippen molar-refractivity contribution in [3.63, 3.8) is 0 Å². The van der Waals surface area contributed by atoms with Crippen LogP contribution in [0.25, 0.3) is 0 Å². The second kappa shape index (κ2) is 7.99. The fraction of sp³-hybridized carbons (Fsp3) is 0.632. The number of benzene rings is 1. The van der Waals surface area contributed by atoms with Gasteiger partial charge in [-0.05, 0) is 25.6 Å². The van der Waals surface area contributed by atoms with Gasteiger partial charge in [-0.1, -0.05) is 24.6 Å². The fourth-order valence-corrected chi connectivity index (χ4v) is 3.52. The Hall–Kier alpha value is -1.59. The van der Waals surface area contributed by atoms with Gasteiger partial charge in [0.25, 0.3) is 0 Å². The molecule has 5 heteroatoms. The predicted molar refractivity (Wildman–Crippen MR) is 98.5 cm³/mol. The summed E-state index contributed by atoms with van der Waals surface area (Å²) in [6.07, 6.45) is 0. The third-order valence-corrected chi connectivity index (χ3v) is 5.30. The van der Waals surface area contributed by atoms with E-state index in [9.17, 15) is 4.79 Å². The van der Waals surface area contributed by atoms with Crippen molar-refractivity contribution in [1.82, 2.24) is 14.7 Å². The maximum Gasteiger partial charge on any atom is 0.236 e. The lowest BCUT2D eigenvalue weighted by atomic mass is 10.2. The summed E-state index contributed by atoms with van der Waals surface area (Å²) in [6, 6.07) is 8.73. The van der Waals surface area contributed by atoms with E-state index in [1.807, 2.05) is 4.90 Å². The lowest BCUT2D eigenvalue weighted by Gasteiger charge is -2.38. The molecule has 2 aliphatic heterocycles. The molecule has 24 heavy (non-hydrogen) atoms. The SMILES string of the molecule is CCN1CCN(C(=O)CN2CCN(c3ccc(C)cc3)CC2)CC1. The van der Waals surface area contributed by atoms with Crippen LogP contribution in [0.5, 0.6) is 0 Å². The molecule has 0 unspecified atom stereocenters. The van der Waals surface area contributed by atoms with Crippen LogP contribution >= 0.6 is 0 Å². The molecular formula is C19H30N4O. The topological polar surface area (TPSA) is 30.0 Å². The molecule has 0 aromatic heterocycles. The standard InChI is InChI=1S/C19H30N4O/c1-3-20-8-14-23(15-9-20)19(24)16-21-10-12-22(13-11-21)18-6-4-17(2)5-7-18/h4-7H,3,8-16H2,1-2H3. The number of hydrogen-bond donors (Lipinski definition) is 0. The van der Waals surface area contributed by atoms with Crippen molar-refractivity contribution in [2.75, 3.05) is 70.3 Å². The molecule has 2 saturated heterocycles. The van der Waals surface area contributed by atoms with Gasteiger partial charge in [-0.2, -0.15) is 0 Å². The van der Waals surface area contributed by atoms with Crippen molar-refractivity contribution >= 4 is 11.6 Å². The Bertz CT molecular complexity index is 529. The van der Waals surface area contributed by atoms with Crippen molar-refractivity contribution in [2.45, 2.75) is 13.8 Å². The first-order chi connectivity index (χ1) is 11.7. The molecular weight excluding hydrogens is 300 g/mol. The Kier molecular flexibility index (Phi) is 5.74. The molecule has 0 saturated carbocycles. The lowest BCUT2D eigenvalue weighted by Crippen LogP contribution is -2.53. The molecule has 132 valence electrons. The predicted octanol–water partition coefficient (Wildman–Crippen LogP) is 1.28. The molecule has 1 aromatic rings. The van der Waals surface area contributed by atoms with Gasteiger partial charge in [0.1, 0.15) is 0 Å². The summed E-state index contributed by atoms with van der Waals surface area (Å²) in [5.74, 6) is 0.300. The first-order valence-electron chi connectivity index (χ1n) is 9.20. The Morgan fingerprint density at radius 2 is 1.46 bits per heavy atom. The molecule has 3 rings (SSSR count). The summed E-state index contributed by atoms with van der Waals surface area (Å²) in [6.45, 7) is 13.7. The summed E-state index contributed by atoms with van der Waals surface area (Å²) in [5.41, 5.74) is 2.59. The number of likely N-dealkylation sites (N-methyl/N-ethyl adjacent to an activating group) is 1. The van der Waals surface area contributed by atoms with E-state index in [-0.39, 0.29) is 0 Å². The Morgan fingerprint density at radius 3 is 2.04 bits per heavy atom. The van der Waals surface area contributed by atoms with Gasteiger partial charge >= 0.3 is 0 Å². The molecule has 2 heterocycles. The van der Waals surface area contributed by atoms with E-state index in [2.05, 4.69) is 52.8 Å². The number of piperazine rings is 2. The number of carbonyl (C=O) groups is 1. The molecule has 0 radical (unpaired) electrons. The highest BCUT2D eigenvalue weighted by Crippen LogP contribution is 2.17. The number of nitrogens with zero attached hydrogens (tertiary/aromatic N) is 4. The van der Waals surface area contributed by atoms with Gasteiger partial charge in [-0.15, -0.1) is 0 Å². The number of carbonyl (C=O) groups excluding carboxylic acids is 1. The van der Waals surface area contributed by atoms with E-state index in [1.165, 1.54) is 11.3 Å². The summed E-state index contributed by atoms with van der Waals surface area (Å²) >= 11 is 0. The van der Waals surface area contributed by atoms with Crippen molar-refractivity contribution in [3.8, 4) is 0 Å². The highest BCUT2D eigenvalue weighted by Gasteiger charge is 2.24. The van der Waals surface area contributed by atoms with Crippen LogP contribution in [0, 0.1) is 6.92 Å². The van der Waals surface area contributed by atoms with Crippen LogP contribution in [0.2, 0.25) is 0 Å². The van der Waals surface area contributed by atoms with Crippen LogP contribution in [-0.4, -0.2) is 86.1 Å². The fourth-order valence-electron chi connectivity index (χ4n) is 3.52. The zero-order valence-corrected chi connectivity index (χ0v) is 15.1. The van der Waals surface area contributed by atoms with E-state index in [4.69, 9.17) is 0 Å². The largest absolute Gasteiger partial charge is 0.369 e. The Morgan fingerprint density at radius 1 is 0.875 bits per heavy atom. The summed E-state index contributed by atoms with van der Waals surface area (Å²) in [7, 11) is 0. The third kappa shape index (κ3) is 4.28. The minimum absolute atomic E-state index is 0.300. The van der Waals surface area contributed by atoms with E-state index >= 15 is 0 Å². The van der Waals surface area contributed by atoms with Gasteiger partial charge in [0.2, 0.25) is 5.91 Å². The normalized spacial score (nSPS) is 20.4. The molecule has 5 nitrogen and oxygen atoms in total. The lowest BCUT2D eigenvalue weighted by molar-refractivity contribution is -0.134. The molecule has 0 bridgehead atoms. The summed E-state index contributed by atoms with van der Waals surface area (Å²) in [4.78, 5) is 21.7. The van der Waals surface area contributed by atoms with E-state index in [0.29, 0.717) is 12.5 Å². The smallest absolute Gasteiger partial charge is 0.236 e. The number of anilines is 1. The maximum atomic E-state index is 12.5. The molecule has 0 spiro atoms. The van der Waals surface area contributed by atoms with E-state index in [1.54, 1.807) is 0 Å². The van der Waals surface area contributed by atoms with Crippen LogP contribution in [0.1, 0.15) is 12.5 Å². The first-order valence-corrected chi connectivity index (χ1v) is 9.20. The van der Waals surface area contributed by atoms with E-state index < -0.39 is 0 Å². The second-order valence-electron chi connectivity index (χ2n) is 6.91. The van der Waals surface area contributed by atoms with E-state index in [0.717, 1.165) is 58.9 Å². The van der Waals surface area contributed by atoms with Gasteiger partial charge < -0.3 is 14.7 Å². The Balaban J connectivity index is 1.43. The van der Waals surface area contributed by atoms with Gasteiger partial charge in [0, 0.05) is 58.0 Å². The average Bonchev–Trinajstić information content (AvgIpc) is 2.63. The number of hydrogen-bond acceptors (Lipinski definition) is 4. The molecule has 0 atom stereocenters. The highest BCUT2D eigenvalue weighted by atomic mass is 16.2. The number of aryl methyl sites for hydroxylation is 1. The van der Waals surface area contributed by atoms with Gasteiger partial charge in [-0.3, -0.25) is 9.69 Å². The monoisotopic (exact) mass is 330 g/mol. The quantitative estimate of drug-likeness (QED) is 0.832. The summed E-state index contributed by atoms with van der Waals surface area (Å²) < 4.78 is 0. The van der Waals surface area contributed by atoms with Crippen LogP contribution in [0.4, 0.5) is 5.69 Å². The molecule has 2 aliphatic rings. The van der Waals surface area contributed by atoms with Crippen molar-refractivity contribution in [1.29, 1.82) is 0 Å². The van der Waals surface area contributed by atoms with Crippen LogP contribution < -0.4 is 4.90 Å². The maximum absolute atomic E-state index is 12.5. The third-order valence-electron chi connectivity index (χ3n) is 5.30. The number of rotatable bonds is 4. The molecule has 0 aliphatic carbocycles. The Labute approximate surface area is 145 Å². The van der Waals surface area contributed by atoms with Crippen LogP contribution in [-0.2, 0) is 4.79 Å². The minimum Gasteiger partial charge on any atom is -0.369 e. The van der Waals surface area contributed by atoms with Crippen molar-refractivity contribution < 1.29 is 4.79 Å². The highest BCUT2D eigenvalue weighted by molar-refractivity contribution is 5.78. The summed E-state index contributed by atoms with van der Waals surface area (Å²) in [5, 5.41) is 0. The molecule has 0 N–H and O–H groups in total. The van der Waals surface area contributed by atoms with Gasteiger partial charge in [-0.25, -0.2) is 0 Å². The van der Waals surface area contributed by atoms with Gasteiger partial charge in [0.05, 0.1) is 6.54 Å². The molecule has 1 amide bonds. The zero-order chi connectivity index (χ0) is 16.9. The van der Waals surface area contributed by atoms with Crippen LogP contribution in [0.15, 0.2) is 24.3 Å². The zero-order valence-electron chi connectivity index (χ0n) is 15.1. The average molecular weight is 330 g/mol. The van der Waals surface area contributed by atoms with Gasteiger partial charge in [0.15, 0.2) is 0 Å². The second-order valence-corrected chi connectivity index (χ2v) is 6.91.